The zero-order chi connectivity index (χ0) is 23.0. The van der Waals surface area contributed by atoms with Gasteiger partial charge in [0, 0.05) is 31.6 Å². The molecule has 2 aromatic carbocycles. The lowest BCUT2D eigenvalue weighted by Gasteiger charge is -2.36. The third kappa shape index (κ3) is 6.29. The number of hydrogen-bond acceptors (Lipinski definition) is 3. The zero-order valence-corrected chi connectivity index (χ0v) is 19.3. The zero-order valence-electron chi connectivity index (χ0n) is 19.3. The summed E-state index contributed by atoms with van der Waals surface area (Å²) in [6, 6.07) is 19.7. The van der Waals surface area contributed by atoms with Crippen molar-refractivity contribution in [3.63, 3.8) is 0 Å². The normalized spacial score (nSPS) is 15.9. The van der Waals surface area contributed by atoms with Gasteiger partial charge in [-0.1, -0.05) is 48.5 Å². The topological polar surface area (TPSA) is 50.2 Å². The van der Waals surface area contributed by atoms with Crippen molar-refractivity contribution in [1.29, 1.82) is 0 Å². The number of aromatic nitrogens is 2. The molecule has 5 nitrogen and oxygen atoms in total. The van der Waals surface area contributed by atoms with Crippen molar-refractivity contribution in [3.05, 3.63) is 83.8 Å². The molecule has 2 heterocycles. The van der Waals surface area contributed by atoms with E-state index in [1.807, 2.05) is 41.1 Å². The summed E-state index contributed by atoms with van der Waals surface area (Å²) >= 11 is 0. The Morgan fingerprint density at radius 2 is 1.82 bits per heavy atom. The predicted octanol–water partition coefficient (Wildman–Crippen LogP) is 5.25. The van der Waals surface area contributed by atoms with Crippen LogP contribution in [0.15, 0.2) is 66.9 Å². The van der Waals surface area contributed by atoms with Crippen LogP contribution in [-0.4, -0.2) is 39.7 Å². The van der Waals surface area contributed by atoms with Crippen LogP contribution in [0.2, 0.25) is 0 Å². The van der Waals surface area contributed by atoms with Gasteiger partial charge in [-0.15, -0.1) is 0 Å². The summed E-state index contributed by atoms with van der Waals surface area (Å²) < 4.78 is 16.0. The largest absolute Gasteiger partial charge is 0.311 e. The Morgan fingerprint density at radius 1 is 1.09 bits per heavy atom. The van der Waals surface area contributed by atoms with Crippen LogP contribution in [0.4, 0.5) is 10.2 Å². The van der Waals surface area contributed by atoms with Gasteiger partial charge in [0.2, 0.25) is 5.91 Å². The van der Waals surface area contributed by atoms with E-state index in [1.165, 1.54) is 11.6 Å². The first-order chi connectivity index (χ1) is 16.1. The van der Waals surface area contributed by atoms with Crippen LogP contribution in [-0.2, 0) is 17.6 Å². The molecule has 1 fully saturated rings. The van der Waals surface area contributed by atoms with E-state index >= 15 is 0 Å². The first kappa shape index (κ1) is 23.2. The molecule has 0 spiro atoms. The molecule has 0 saturated carbocycles. The number of anilines is 1. The average molecular weight is 449 g/mol. The van der Waals surface area contributed by atoms with E-state index in [2.05, 4.69) is 34.4 Å². The minimum atomic E-state index is -0.125. The number of halogens is 1. The number of carbonyl (C=O) groups excluding carboxylic acids is 1. The van der Waals surface area contributed by atoms with Crippen molar-refractivity contribution in [2.24, 2.45) is 0 Å². The second-order valence-corrected chi connectivity index (χ2v) is 8.96. The minimum absolute atomic E-state index is 0.0311. The Balaban J connectivity index is 1.25. The molecule has 6 heteroatoms. The second kappa shape index (κ2) is 11.2. The molecule has 33 heavy (non-hydrogen) atoms. The van der Waals surface area contributed by atoms with Crippen LogP contribution in [0.3, 0.4) is 0 Å². The van der Waals surface area contributed by atoms with Gasteiger partial charge in [0.05, 0.1) is 12.2 Å². The number of carbonyl (C=O) groups is 1. The van der Waals surface area contributed by atoms with Gasteiger partial charge in [0.25, 0.3) is 0 Å². The van der Waals surface area contributed by atoms with Gasteiger partial charge in [0.15, 0.2) is 0 Å². The molecule has 1 N–H and O–H groups in total. The number of nitrogens with one attached hydrogen (secondary N) is 1. The third-order valence-corrected chi connectivity index (χ3v) is 6.59. The van der Waals surface area contributed by atoms with Gasteiger partial charge in [-0.3, -0.25) is 4.79 Å². The summed E-state index contributed by atoms with van der Waals surface area (Å²) in [4.78, 5) is 14.9. The van der Waals surface area contributed by atoms with Crippen molar-refractivity contribution in [3.8, 4) is 0 Å². The fourth-order valence-electron chi connectivity index (χ4n) is 4.69. The monoisotopic (exact) mass is 448 g/mol. The fraction of sp³-hybridized carbons (Fsp3) is 0.407. The van der Waals surface area contributed by atoms with E-state index in [0.717, 1.165) is 50.2 Å². The molecule has 174 valence electrons. The maximum absolute atomic E-state index is 14.0. The first-order valence-electron chi connectivity index (χ1n) is 11.9. The highest BCUT2D eigenvalue weighted by Crippen LogP contribution is 2.27. The van der Waals surface area contributed by atoms with Gasteiger partial charge >= 0.3 is 0 Å². The van der Waals surface area contributed by atoms with Crippen molar-refractivity contribution in [2.45, 2.75) is 57.5 Å². The van der Waals surface area contributed by atoms with Gasteiger partial charge < -0.3 is 10.2 Å². The molecule has 3 aromatic rings. The number of rotatable bonds is 9. The summed E-state index contributed by atoms with van der Waals surface area (Å²) in [7, 11) is 0. The molecule has 1 amide bonds. The molecule has 1 aromatic heterocycles. The smallest absolute Gasteiger partial charge is 0.225 e. The van der Waals surface area contributed by atoms with Crippen LogP contribution in [0.25, 0.3) is 0 Å². The van der Waals surface area contributed by atoms with E-state index in [-0.39, 0.29) is 23.8 Å². The number of benzene rings is 2. The van der Waals surface area contributed by atoms with Gasteiger partial charge in [-0.25, -0.2) is 9.07 Å². The van der Waals surface area contributed by atoms with Crippen molar-refractivity contribution >= 4 is 11.7 Å². The number of piperidine rings is 1. The molecule has 0 unspecified atom stereocenters. The highest BCUT2D eigenvalue weighted by atomic mass is 19.1. The van der Waals surface area contributed by atoms with Crippen LogP contribution in [0.1, 0.15) is 49.8 Å². The number of amides is 1. The maximum Gasteiger partial charge on any atom is 0.225 e. The van der Waals surface area contributed by atoms with Crippen LogP contribution < -0.4 is 5.32 Å². The maximum atomic E-state index is 14.0. The first-order valence-corrected chi connectivity index (χ1v) is 11.9. The number of aryl methyl sites for hydroxylation is 1. The Labute approximate surface area is 195 Å². The average Bonchev–Trinajstić information content (AvgIpc) is 3.29. The summed E-state index contributed by atoms with van der Waals surface area (Å²) in [5, 5.41) is 7.56. The van der Waals surface area contributed by atoms with Crippen molar-refractivity contribution < 1.29 is 9.18 Å². The standard InChI is InChI=1S/C27H33FN4O/c1-21(20-23-11-5-6-12-25(23)28)31-18-15-24(16-19-31)32-26(14-17-29-32)30-27(33)13-7-10-22-8-3-2-4-9-22/h2-6,8-9,11-12,14,17,21,24H,7,10,13,15-16,18-20H2,1H3,(H,30,33)/t21-/m0/s1. The molecular weight excluding hydrogens is 415 g/mol. The van der Waals surface area contributed by atoms with E-state index in [0.29, 0.717) is 12.8 Å². The van der Waals surface area contributed by atoms with E-state index < -0.39 is 0 Å². The Hall–Kier alpha value is -2.99. The highest BCUT2D eigenvalue weighted by Gasteiger charge is 2.26. The van der Waals surface area contributed by atoms with E-state index in [1.54, 1.807) is 12.3 Å². The van der Waals surface area contributed by atoms with E-state index in [9.17, 15) is 9.18 Å². The molecule has 1 aliphatic rings. The third-order valence-electron chi connectivity index (χ3n) is 6.59. The van der Waals surface area contributed by atoms with Crippen molar-refractivity contribution in [2.75, 3.05) is 18.4 Å². The number of likely N-dealkylation sites (tertiary alicyclic amines) is 1. The van der Waals surface area contributed by atoms with Gasteiger partial charge in [-0.2, -0.15) is 5.10 Å². The lowest BCUT2D eigenvalue weighted by Crippen LogP contribution is -2.41. The second-order valence-electron chi connectivity index (χ2n) is 8.96. The Morgan fingerprint density at radius 3 is 2.58 bits per heavy atom. The molecule has 4 rings (SSSR count). The quantitative estimate of drug-likeness (QED) is 0.486. The SMILES string of the molecule is C[C@@H](Cc1ccccc1F)N1CCC(n2nccc2NC(=O)CCCc2ccccc2)CC1. The highest BCUT2D eigenvalue weighted by molar-refractivity contribution is 5.89. The molecule has 1 saturated heterocycles. The summed E-state index contributed by atoms with van der Waals surface area (Å²) in [6.07, 6.45) is 6.60. The molecular formula is C27H33FN4O. The summed E-state index contributed by atoms with van der Waals surface area (Å²) in [5.41, 5.74) is 2.03. The van der Waals surface area contributed by atoms with Gasteiger partial charge in [0.1, 0.15) is 11.6 Å². The molecule has 0 radical (unpaired) electrons. The fourth-order valence-corrected chi connectivity index (χ4v) is 4.69. The molecule has 1 aliphatic heterocycles. The minimum Gasteiger partial charge on any atom is -0.311 e. The summed E-state index contributed by atoms with van der Waals surface area (Å²) in [5.74, 6) is 0.682. The summed E-state index contributed by atoms with van der Waals surface area (Å²) in [6.45, 7) is 4.04. The lowest BCUT2D eigenvalue weighted by molar-refractivity contribution is -0.116. The van der Waals surface area contributed by atoms with Gasteiger partial charge in [-0.05, 0) is 56.2 Å². The van der Waals surface area contributed by atoms with Crippen LogP contribution in [0, 0.1) is 5.82 Å². The molecule has 1 atom stereocenters. The Bertz CT molecular complexity index is 1030. The van der Waals surface area contributed by atoms with Crippen molar-refractivity contribution in [1.82, 2.24) is 14.7 Å². The van der Waals surface area contributed by atoms with Crippen LogP contribution in [0.5, 0.6) is 0 Å². The number of hydrogen-bond donors (Lipinski definition) is 1. The molecule has 0 bridgehead atoms. The van der Waals surface area contributed by atoms with E-state index in [4.69, 9.17) is 0 Å². The molecule has 0 aliphatic carbocycles. The van der Waals surface area contributed by atoms with Crippen LogP contribution >= 0.6 is 0 Å². The predicted molar refractivity (Wildman–Crippen MR) is 130 cm³/mol. The lowest BCUT2D eigenvalue weighted by atomic mass is 10.00. The number of nitrogens with zero attached hydrogens (tertiary/aromatic N) is 3. The Kier molecular flexibility index (Phi) is 7.89.